The third-order valence-corrected chi connectivity index (χ3v) is 4.66. The molecule has 0 unspecified atom stereocenters. The van der Waals surface area contributed by atoms with Crippen LogP contribution in [0.25, 0.3) is 0 Å². The van der Waals surface area contributed by atoms with E-state index in [0.717, 1.165) is 24.7 Å². The molecule has 0 amide bonds. The lowest BCUT2D eigenvalue weighted by Crippen LogP contribution is -2.43. The lowest BCUT2D eigenvalue weighted by Gasteiger charge is -2.30. The van der Waals surface area contributed by atoms with Crippen LogP contribution in [0.4, 0.5) is 0 Å². The molecule has 1 aromatic rings. The van der Waals surface area contributed by atoms with E-state index in [1.807, 2.05) is 4.68 Å². The number of hydrogen-bond donors (Lipinski definition) is 1. The Hall–Kier alpha value is -0.900. The third-order valence-electron chi connectivity index (χ3n) is 4.66. The molecule has 4 heteroatoms. The molecular weight excluding hydrogens is 284 g/mol. The molecule has 0 radical (unpaired) electrons. The molecular formula is C19H38N4. The Morgan fingerprint density at radius 1 is 0.870 bits per heavy atom. The lowest BCUT2D eigenvalue weighted by atomic mass is 9.94. The SMILES string of the molecule is CC(C)CCCCCC(N)(CCCCCC(C)C)n1cncn1. The van der Waals surface area contributed by atoms with E-state index in [4.69, 9.17) is 5.73 Å². The van der Waals surface area contributed by atoms with Crippen molar-refractivity contribution in [3.05, 3.63) is 12.7 Å². The fourth-order valence-corrected chi connectivity index (χ4v) is 3.11. The summed E-state index contributed by atoms with van der Waals surface area (Å²) in [7, 11) is 0. The molecule has 0 spiro atoms. The van der Waals surface area contributed by atoms with Crippen molar-refractivity contribution < 1.29 is 0 Å². The normalized spacial score (nSPS) is 12.5. The van der Waals surface area contributed by atoms with Gasteiger partial charge in [-0.15, -0.1) is 0 Å². The first-order valence-corrected chi connectivity index (χ1v) is 9.58. The largest absolute Gasteiger partial charge is 0.307 e. The molecule has 0 aromatic carbocycles. The Morgan fingerprint density at radius 3 is 1.78 bits per heavy atom. The van der Waals surface area contributed by atoms with Gasteiger partial charge in [-0.2, -0.15) is 5.10 Å². The second kappa shape index (κ2) is 10.8. The zero-order valence-electron chi connectivity index (χ0n) is 15.8. The number of rotatable bonds is 13. The molecule has 1 heterocycles. The van der Waals surface area contributed by atoms with Crippen molar-refractivity contribution in [2.75, 3.05) is 0 Å². The standard InChI is InChI=1S/C19H38N4/c1-17(2)11-7-5-9-13-19(20,23-16-21-15-22-23)14-10-6-8-12-18(3)4/h15-18H,5-14,20H2,1-4H3. The Kier molecular flexibility index (Phi) is 9.46. The molecule has 0 aliphatic heterocycles. The van der Waals surface area contributed by atoms with Gasteiger partial charge in [0.05, 0.1) is 0 Å². The second-order valence-corrected chi connectivity index (χ2v) is 7.93. The van der Waals surface area contributed by atoms with Crippen molar-refractivity contribution in [1.82, 2.24) is 14.8 Å². The quantitative estimate of drug-likeness (QED) is 0.514. The molecule has 0 aliphatic rings. The number of aromatic nitrogens is 3. The van der Waals surface area contributed by atoms with Crippen LogP contribution in [0.1, 0.15) is 91.9 Å². The summed E-state index contributed by atoms with van der Waals surface area (Å²) in [6, 6.07) is 0. The minimum absolute atomic E-state index is 0.355. The highest BCUT2D eigenvalue weighted by molar-refractivity contribution is 4.80. The highest BCUT2D eigenvalue weighted by atomic mass is 15.4. The van der Waals surface area contributed by atoms with E-state index in [0.29, 0.717) is 0 Å². The van der Waals surface area contributed by atoms with Crippen LogP contribution in [0.5, 0.6) is 0 Å². The van der Waals surface area contributed by atoms with Crippen molar-refractivity contribution in [1.29, 1.82) is 0 Å². The number of nitrogens with two attached hydrogens (primary N) is 1. The average molecular weight is 323 g/mol. The summed E-state index contributed by atoms with van der Waals surface area (Å²) in [5.41, 5.74) is 6.35. The van der Waals surface area contributed by atoms with E-state index >= 15 is 0 Å². The van der Waals surface area contributed by atoms with Gasteiger partial charge in [0.15, 0.2) is 0 Å². The van der Waals surface area contributed by atoms with E-state index in [2.05, 4.69) is 37.8 Å². The molecule has 0 saturated heterocycles. The van der Waals surface area contributed by atoms with Gasteiger partial charge < -0.3 is 5.73 Å². The first-order chi connectivity index (χ1) is 10.9. The summed E-state index contributed by atoms with van der Waals surface area (Å²) < 4.78 is 1.89. The second-order valence-electron chi connectivity index (χ2n) is 7.93. The van der Waals surface area contributed by atoms with E-state index in [1.54, 1.807) is 12.7 Å². The first-order valence-electron chi connectivity index (χ1n) is 9.58. The van der Waals surface area contributed by atoms with Crippen molar-refractivity contribution >= 4 is 0 Å². The van der Waals surface area contributed by atoms with Crippen LogP contribution < -0.4 is 5.73 Å². The molecule has 1 aromatic heterocycles. The maximum absolute atomic E-state index is 6.71. The van der Waals surface area contributed by atoms with Crippen molar-refractivity contribution in [2.45, 2.75) is 97.6 Å². The molecule has 134 valence electrons. The maximum Gasteiger partial charge on any atom is 0.137 e. The van der Waals surface area contributed by atoms with Crippen LogP contribution in [0.15, 0.2) is 12.7 Å². The summed E-state index contributed by atoms with van der Waals surface area (Å²) in [6.07, 6.45) is 15.5. The predicted octanol–water partition coefficient (Wildman–Crippen LogP) is 5.10. The van der Waals surface area contributed by atoms with Crippen LogP contribution in [0, 0.1) is 11.8 Å². The third kappa shape index (κ3) is 8.50. The van der Waals surface area contributed by atoms with Crippen molar-refractivity contribution in [3.63, 3.8) is 0 Å². The van der Waals surface area contributed by atoms with Gasteiger partial charge in [-0.3, -0.25) is 0 Å². The fourth-order valence-electron chi connectivity index (χ4n) is 3.11. The van der Waals surface area contributed by atoms with Gasteiger partial charge in [-0.1, -0.05) is 66.2 Å². The van der Waals surface area contributed by atoms with Crippen LogP contribution in [-0.2, 0) is 5.66 Å². The van der Waals surface area contributed by atoms with Gasteiger partial charge in [-0.05, 0) is 37.5 Å². The highest BCUT2D eigenvalue weighted by Crippen LogP contribution is 2.25. The van der Waals surface area contributed by atoms with Gasteiger partial charge in [-0.25, -0.2) is 9.67 Å². The average Bonchev–Trinajstić information content (AvgIpc) is 3.00. The van der Waals surface area contributed by atoms with Crippen LogP contribution in [-0.4, -0.2) is 14.8 Å². The van der Waals surface area contributed by atoms with E-state index in [-0.39, 0.29) is 5.66 Å². The molecule has 0 atom stereocenters. The molecule has 2 N–H and O–H groups in total. The van der Waals surface area contributed by atoms with Gasteiger partial charge in [0, 0.05) is 0 Å². The minimum atomic E-state index is -0.355. The molecule has 0 saturated carbocycles. The van der Waals surface area contributed by atoms with Gasteiger partial charge in [0.1, 0.15) is 18.3 Å². The molecule has 0 fully saturated rings. The Balaban J connectivity index is 2.38. The molecule has 4 nitrogen and oxygen atoms in total. The van der Waals surface area contributed by atoms with Gasteiger partial charge in [0.2, 0.25) is 0 Å². The Bertz CT molecular complexity index is 366. The van der Waals surface area contributed by atoms with Crippen LogP contribution in [0.3, 0.4) is 0 Å². The van der Waals surface area contributed by atoms with Gasteiger partial charge in [0.25, 0.3) is 0 Å². The summed E-state index contributed by atoms with van der Waals surface area (Å²) in [5.74, 6) is 1.60. The zero-order valence-corrected chi connectivity index (χ0v) is 15.8. The fraction of sp³-hybridized carbons (Fsp3) is 0.895. The maximum atomic E-state index is 6.71. The summed E-state index contributed by atoms with van der Waals surface area (Å²) >= 11 is 0. The Labute approximate surface area is 143 Å². The Morgan fingerprint density at radius 2 is 1.39 bits per heavy atom. The smallest absolute Gasteiger partial charge is 0.137 e. The van der Waals surface area contributed by atoms with Crippen LogP contribution in [0.2, 0.25) is 0 Å². The zero-order chi connectivity index (χ0) is 17.1. The van der Waals surface area contributed by atoms with Crippen molar-refractivity contribution in [2.24, 2.45) is 17.6 Å². The summed E-state index contributed by atoms with van der Waals surface area (Å²) in [5, 5.41) is 4.32. The van der Waals surface area contributed by atoms with E-state index < -0.39 is 0 Å². The first kappa shape index (κ1) is 20.1. The minimum Gasteiger partial charge on any atom is -0.307 e. The number of hydrogen-bond acceptors (Lipinski definition) is 3. The van der Waals surface area contributed by atoms with Crippen molar-refractivity contribution in [3.8, 4) is 0 Å². The van der Waals surface area contributed by atoms with E-state index in [1.165, 1.54) is 51.4 Å². The van der Waals surface area contributed by atoms with E-state index in [9.17, 15) is 0 Å². The molecule has 0 bridgehead atoms. The monoisotopic (exact) mass is 322 g/mol. The van der Waals surface area contributed by atoms with Gasteiger partial charge >= 0.3 is 0 Å². The number of nitrogens with zero attached hydrogens (tertiary/aromatic N) is 3. The molecule has 1 rings (SSSR count). The summed E-state index contributed by atoms with van der Waals surface area (Å²) in [4.78, 5) is 4.10. The topological polar surface area (TPSA) is 56.7 Å². The summed E-state index contributed by atoms with van der Waals surface area (Å²) in [6.45, 7) is 9.17. The molecule has 23 heavy (non-hydrogen) atoms. The van der Waals surface area contributed by atoms with Crippen LogP contribution >= 0.6 is 0 Å². The predicted molar refractivity (Wildman–Crippen MR) is 98.0 cm³/mol. The molecule has 0 aliphatic carbocycles. The highest BCUT2D eigenvalue weighted by Gasteiger charge is 2.26. The number of unbranched alkanes of at least 4 members (excludes halogenated alkanes) is 4. The lowest BCUT2D eigenvalue weighted by molar-refractivity contribution is 0.208.